The van der Waals surface area contributed by atoms with Crippen molar-refractivity contribution in [1.82, 2.24) is 0 Å². The average molecular weight is 249 g/mol. The van der Waals surface area contributed by atoms with Crippen LogP contribution in [-0.4, -0.2) is 0 Å². The third-order valence-corrected chi connectivity index (χ3v) is 0.556. The summed E-state index contributed by atoms with van der Waals surface area (Å²) < 4.78 is 0. The summed E-state index contributed by atoms with van der Waals surface area (Å²) in [7, 11) is 0. The molecule has 0 N–H and O–H groups in total. The molecule has 1 rings (SSSR count). The van der Waals surface area contributed by atoms with Gasteiger partial charge in [-0.3, -0.25) is 0 Å². The van der Waals surface area contributed by atoms with Crippen LogP contribution in [0, 0.1) is 0 Å². The van der Waals surface area contributed by atoms with E-state index in [2.05, 4.69) is 0 Å². The smallest absolute Gasteiger partial charge is 0 e. The first kappa shape index (κ1) is 10.6. The van der Waals surface area contributed by atoms with Crippen molar-refractivity contribution in [2.75, 3.05) is 0 Å². The van der Waals surface area contributed by atoms with Gasteiger partial charge in [0.25, 0.3) is 0 Å². The monoisotopic (exact) mass is 249 g/mol. The van der Waals surface area contributed by atoms with Gasteiger partial charge in [0.2, 0.25) is 0 Å². The van der Waals surface area contributed by atoms with E-state index >= 15 is 0 Å². The Balaban J connectivity index is 0. The maximum atomic E-state index is 2.00. The summed E-state index contributed by atoms with van der Waals surface area (Å²) >= 11 is 0. The summed E-state index contributed by atoms with van der Waals surface area (Å²) in [5.41, 5.74) is 0. The van der Waals surface area contributed by atoms with Gasteiger partial charge < -0.3 is 0 Å². The van der Waals surface area contributed by atoms with Crippen molar-refractivity contribution in [2.45, 2.75) is 0 Å². The first-order valence-electron chi connectivity index (χ1n) is 1.67. The summed E-state index contributed by atoms with van der Waals surface area (Å²) in [4.78, 5) is 0. The van der Waals surface area contributed by atoms with Crippen molar-refractivity contribution in [3.8, 4) is 0 Å². The zero-order chi connectivity index (χ0) is 3.54. The van der Waals surface area contributed by atoms with E-state index in [1.54, 1.807) is 0 Å². The Bertz CT molecular complexity index is 64.6. The summed E-state index contributed by atoms with van der Waals surface area (Å²) in [6, 6.07) is 10.0. The van der Waals surface area contributed by atoms with Crippen molar-refractivity contribution in [2.24, 2.45) is 0 Å². The molecule has 0 unspecified atom stereocenters. The van der Waals surface area contributed by atoms with E-state index in [0.717, 1.165) is 0 Å². The van der Waals surface area contributed by atoms with E-state index in [1.165, 1.54) is 0 Å². The average Bonchev–Trinajstić information content (AvgIpc) is 1.76. The SMILES string of the molecule is I.[Fe].c1cc[cH-]c1. The molecular weight excluding hydrogens is 243 g/mol. The maximum Gasteiger partial charge on any atom is 0 e. The van der Waals surface area contributed by atoms with Crippen molar-refractivity contribution in [3.63, 3.8) is 0 Å². The van der Waals surface area contributed by atoms with Crippen LogP contribution in [0.2, 0.25) is 0 Å². The van der Waals surface area contributed by atoms with Gasteiger partial charge in [-0.2, -0.15) is 18.2 Å². The largest absolute Gasteiger partial charge is 0.214 e. The van der Waals surface area contributed by atoms with Crippen molar-refractivity contribution >= 4 is 24.0 Å². The van der Waals surface area contributed by atoms with E-state index in [9.17, 15) is 0 Å². The standard InChI is InChI=1S/C5H5.Fe.HI/c1-2-4-5-3-1;;/h1-5H;;1H/q-1;;. The molecule has 7 heavy (non-hydrogen) atoms. The number of rotatable bonds is 0. The molecule has 1 aromatic carbocycles. The Kier molecular flexibility index (Phi) is 9.95. The molecule has 0 fully saturated rings. The molecule has 0 radical (unpaired) electrons. The molecule has 0 amide bonds. The van der Waals surface area contributed by atoms with Crippen LogP contribution in [0.25, 0.3) is 0 Å². The molecule has 42 valence electrons. The van der Waals surface area contributed by atoms with Gasteiger partial charge in [-0.15, -0.1) is 24.0 Å². The first-order chi connectivity index (χ1) is 2.50. The predicted octanol–water partition coefficient (Wildman–Crippen LogP) is 2.02. The Morgan fingerprint density at radius 2 is 1.43 bits per heavy atom. The van der Waals surface area contributed by atoms with E-state index in [4.69, 9.17) is 0 Å². The van der Waals surface area contributed by atoms with Gasteiger partial charge in [-0.1, -0.05) is 0 Å². The molecule has 0 aliphatic carbocycles. The zero-order valence-corrected chi connectivity index (χ0v) is 7.08. The Morgan fingerprint density at radius 3 is 1.57 bits per heavy atom. The molecule has 0 aliphatic rings. The fraction of sp³-hybridized carbons (Fsp3) is 0. The fourth-order valence-corrected chi connectivity index (χ4v) is 0.321. The van der Waals surface area contributed by atoms with Crippen LogP contribution in [0.3, 0.4) is 0 Å². The van der Waals surface area contributed by atoms with Crippen LogP contribution in [0.15, 0.2) is 30.3 Å². The molecule has 0 saturated carbocycles. The van der Waals surface area contributed by atoms with Gasteiger partial charge in [0.05, 0.1) is 0 Å². The summed E-state index contributed by atoms with van der Waals surface area (Å²) in [6.45, 7) is 0. The number of hydrogen-bond acceptors (Lipinski definition) is 0. The van der Waals surface area contributed by atoms with E-state index in [0.29, 0.717) is 0 Å². The third kappa shape index (κ3) is 4.45. The molecule has 0 bridgehead atoms. The van der Waals surface area contributed by atoms with E-state index < -0.39 is 0 Å². The van der Waals surface area contributed by atoms with Gasteiger partial charge in [0.15, 0.2) is 0 Å². The topological polar surface area (TPSA) is 0 Å². The van der Waals surface area contributed by atoms with E-state index in [1.807, 2.05) is 30.3 Å². The van der Waals surface area contributed by atoms with Crippen LogP contribution in [0.1, 0.15) is 0 Å². The summed E-state index contributed by atoms with van der Waals surface area (Å²) in [6.07, 6.45) is 0. The second kappa shape index (κ2) is 6.60. The van der Waals surface area contributed by atoms with Gasteiger partial charge in [0, 0.05) is 17.1 Å². The Labute approximate surface area is 71.2 Å². The van der Waals surface area contributed by atoms with Crippen LogP contribution in [0.4, 0.5) is 0 Å². The summed E-state index contributed by atoms with van der Waals surface area (Å²) in [5.74, 6) is 0. The molecule has 0 saturated heterocycles. The van der Waals surface area contributed by atoms with Crippen LogP contribution in [-0.2, 0) is 17.1 Å². The van der Waals surface area contributed by atoms with Crippen molar-refractivity contribution in [3.05, 3.63) is 30.3 Å². The van der Waals surface area contributed by atoms with Crippen LogP contribution >= 0.6 is 24.0 Å². The van der Waals surface area contributed by atoms with Gasteiger partial charge in [0.1, 0.15) is 0 Å². The normalized spacial score (nSPS) is 5.71. The predicted molar refractivity (Wildman–Crippen MR) is 37.5 cm³/mol. The fourth-order valence-electron chi connectivity index (χ4n) is 0.321. The Morgan fingerprint density at radius 1 is 1.00 bits per heavy atom. The quantitative estimate of drug-likeness (QED) is 0.375. The van der Waals surface area contributed by atoms with E-state index in [-0.39, 0.29) is 41.0 Å². The van der Waals surface area contributed by atoms with Crippen molar-refractivity contribution in [1.29, 1.82) is 0 Å². The summed E-state index contributed by atoms with van der Waals surface area (Å²) in [5, 5.41) is 0. The van der Waals surface area contributed by atoms with Gasteiger partial charge in [-0.05, 0) is 0 Å². The Hall–Kier alpha value is 0.599. The minimum Gasteiger partial charge on any atom is -0.214 e. The third-order valence-electron chi connectivity index (χ3n) is 0.556. The van der Waals surface area contributed by atoms with Crippen LogP contribution in [0.5, 0.6) is 0 Å². The second-order valence-electron chi connectivity index (χ2n) is 0.962. The minimum absolute atomic E-state index is 0. The number of hydrogen-bond donors (Lipinski definition) is 0. The van der Waals surface area contributed by atoms with Gasteiger partial charge >= 0.3 is 0 Å². The zero-order valence-electron chi connectivity index (χ0n) is 3.65. The van der Waals surface area contributed by atoms with Gasteiger partial charge in [-0.25, -0.2) is 12.1 Å². The molecule has 0 spiro atoms. The maximum absolute atomic E-state index is 2.00. The van der Waals surface area contributed by atoms with Crippen molar-refractivity contribution < 1.29 is 17.1 Å². The molecule has 0 atom stereocenters. The molecule has 0 aliphatic heterocycles. The molecule has 0 nitrogen and oxygen atoms in total. The van der Waals surface area contributed by atoms with Crippen LogP contribution < -0.4 is 0 Å². The molecular formula is C5H6FeI-. The molecule has 2 heteroatoms. The molecule has 0 aromatic heterocycles. The molecule has 0 heterocycles. The molecule has 1 aromatic rings. The number of halogens is 1. The second-order valence-corrected chi connectivity index (χ2v) is 0.962. The minimum atomic E-state index is 0. The first-order valence-corrected chi connectivity index (χ1v) is 1.67.